The van der Waals surface area contributed by atoms with Crippen molar-refractivity contribution in [3.63, 3.8) is 0 Å². The number of nitrogens with zero attached hydrogens (tertiary/aromatic N) is 1. The molecule has 2 N–H and O–H groups in total. The number of amides is 2. The zero-order chi connectivity index (χ0) is 13.0. The standard InChI is InChI=1S/C14H24N2O2/c1-16(10-13(17)12-6-7-12)14(18)15-9-8-11-4-2-3-5-11/h4,12-13,17H,2-3,5-10H2,1H3,(H,15,18). The van der Waals surface area contributed by atoms with Crippen LogP contribution < -0.4 is 5.32 Å². The minimum absolute atomic E-state index is 0.0757. The number of rotatable bonds is 6. The smallest absolute Gasteiger partial charge is 0.317 e. The molecule has 2 aliphatic rings. The van der Waals surface area contributed by atoms with Crippen LogP contribution in [0.25, 0.3) is 0 Å². The largest absolute Gasteiger partial charge is 0.391 e. The molecule has 18 heavy (non-hydrogen) atoms. The summed E-state index contributed by atoms with van der Waals surface area (Å²) in [7, 11) is 1.75. The lowest BCUT2D eigenvalue weighted by atomic mass is 10.2. The van der Waals surface area contributed by atoms with Gasteiger partial charge in [0, 0.05) is 20.1 Å². The summed E-state index contributed by atoms with van der Waals surface area (Å²) in [5, 5.41) is 12.7. The van der Waals surface area contributed by atoms with Gasteiger partial charge in [-0.25, -0.2) is 4.79 Å². The molecule has 2 amide bonds. The van der Waals surface area contributed by atoms with Gasteiger partial charge < -0.3 is 15.3 Å². The van der Waals surface area contributed by atoms with Crippen LogP contribution in [0.5, 0.6) is 0 Å². The lowest BCUT2D eigenvalue weighted by Gasteiger charge is -2.21. The molecule has 0 aromatic heterocycles. The molecule has 0 bridgehead atoms. The number of hydrogen-bond donors (Lipinski definition) is 2. The number of aliphatic hydroxyl groups is 1. The summed E-state index contributed by atoms with van der Waals surface area (Å²) in [6.07, 6.45) is 8.74. The quantitative estimate of drug-likeness (QED) is 0.709. The molecule has 1 saturated carbocycles. The molecular weight excluding hydrogens is 228 g/mol. The third-order valence-electron chi connectivity index (χ3n) is 3.83. The van der Waals surface area contributed by atoms with Gasteiger partial charge in [-0.15, -0.1) is 0 Å². The first kappa shape index (κ1) is 13.4. The highest BCUT2D eigenvalue weighted by molar-refractivity contribution is 5.73. The first-order valence-electron chi connectivity index (χ1n) is 7.02. The van der Waals surface area contributed by atoms with E-state index in [0.29, 0.717) is 19.0 Å². The summed E-state index contributed by atoms with van der Waals surface area (Å²) in [6, 6.07) is -0.0757. The fraction of sp³-hybridized carbons (Fsp3) is 0.786. The summed E-state index contributed by atoms with van der Waals surface area (Å²) in [5.74, 6) is 0.420. The normalized spacial score (nSPS) is 20.4. The van der Waals surface area contributed by atoms with Crippen molar-refractivity contribution < 1.29 is 9.90 Å². The lowest BCUT2D eigenvalue weighted by molar-refractivity contribution is 0.113. The minimum Gasteiger partial charge on any atom is -0.391 e. The predicted molar refractivity (Wildman–Crippen MR) is 71.3 cm³/mol. The third kappa shape index (κ3) is 4.02. The van der Waals surface area contributed by atoms with Gasteiger partial charge in [0.15, 0.2) is 0 Å². The molecule has 0 aromatic carbocycles. The Bertz CT molecular complexity index is 324. The number of nitrogens with one attached hydrogen (secondary N) is 1. The van der Waals surface area contributed by atoms with Crippen LogP contribution in [-0.4, -0.2) is 42.3 Å². The van der Waals surface area contributed by atoms with E-state index < -0.39 is 0 Å². The molecule has 0 aromatic rings. The van der Waals surface area contributed by atoms with Crippen molar-refractivity contribution in [1.29, 1.82) is 0 Å². The molecule has 0 spiro atoms. The number of likely N-dealkylation sites (N-methyl/N-ethyl adjacent to an activating group) is 1. The zero-order valence-electron chi connectivity index (χ0n) is 11.2. The maximum atomic E-state index is 11.8. The van der Waals surface area contributed by atoms with Crippen LogP contribution in [0, 0.1) is 5.92 Å². The zero-order valence-corrected chi connectivity index (χ0v) is 11.2. The number of allylic oxidation sites excluding steroid dienone is 1. The Morgan fingerprint density at radius 2 is 2.39 bits per heavy atom. The van der Waals surface area contributed by atoms with Gasteiger partial charge in [0.05, 0.1) is 6.10 Å². The van der Waals surface area contributed by atoms with Crippen LogP contribution in [0.2, 0.25) is 0 Å². The average Bonchev–Trinajstić information content (AvgIpc) is 3.08. The summed E-state index contributed by atoms with van der Waals surface area (Å²) in [5.41, 5.74) is 1.47. The van der Waals surface area contributed by atoms with Crippen molar-refractivity contribution in [1.82, 2.24) is 10.2 Å². The molecule has 2 rings (SSSR count). The Morgan fingerprint density at radius 3 is 3.00 bits per heavy atom. The van der Waals surface area contributed by atoms with E-state index in [0.717, 1.165) is 19.3 Å². The van der Waals surface area contributed by atoms with E-state index in [-0.39, 0.29) is 12.1 Å². The first-order valence-corrected chi connectivity index (χ1v) is 7.02. The molecule has 4 heteroatoms. The van der Waals surface area contributed by atoms with Gasteiger partial charge in [-0.05, 0) is 44.4 Å². The van der Waals surface area contributed by atoms with Crippen molar-refractivity contribution in [3.8, 4) is 0 Å². The second-order valence-corrected chi connectivity index (χ2v) is 5.52. The number of carbonyl (C=O) groups excluding carboxylic acids is 1. The van der Waals surface area contributed by atoms with E-state index in [1.165, 1.54) is 24.8 Å². The highest BCUT2D eigenvalue weighted by Gasteiger charge is 2.31. The predicted octanol–water partition coefficient (Wildman–Crippen LogP) is 1.90. The molecule has 102 valence electrons. The second kappa shape index (κ2) is 6.23. The molecule has 0 radical (unpaired) electrons. The van der Waals surface area contributed by atoms with Crippen molar-refractivity contribution in [2.75, 3.05) is 20.1 Å². The summed E-state index contributed by atoms with van der Waals surface area (Å²) in [6.45, 7) is 1.15. The molecular formula is C14H24N2O2. The van der Waals surface area contributed by atoms with E-state index >= 15 is 0 Å². The molecule has 1 unspecified atom stereocenters. The molecule has 0 aliphatic heterocycles. The summed E-state index contributed by atoms with van der Waals surface area (Å²) >= 11 is 0. The summed E-state index contributed by atoms with van der Waals surface area (Å²) < 4.78 is 0. The van der Waals surface area contributed by atoms with Gasteiger partial charge in [0.2, 0.25) is 0 Å². The van der Waals surface area contributed by atoms with Gasteiger partial charge in [-0.2, -0.15) is 0 Å². The number of urea groups is 1. The highest BCUT2D eigenvalue weighted by Crippen LogP contribution is 2.32. The van der Waals surface area contributed by atoms with Crippen molar-refractivity contribution in [3.05, 3.63) is 11.6 Å². The highest BCUT2D eigenvalue weighted by atomic mass is 16.3. The average molecular weight is 252 g/mol. The third-order valence-corrected chi connectivity index (χ3v) is 3.83. The van der Waals surface area contributed by atoms with Crippen LogP contribution in [-0.2, 0) is 0 Å². The van der Waals surface area contributed by atoms with Crippen molar-refractivity contribution >= 4 is 6.03 Å². The SMILES string of the molecule is CN(CC(O)C1CC1)C(=O)NCCC1=CCCC1. The van der Waals surface area contributed by atoms with Gasteiger partial charge in [-0.3, -0.25) is 0 Å². The monoisotopic (exact) mass is 252 g/mol. The fourth-order valence-electron chi connectivity index (χ4n) is 2.42. The van der Waals surface area contributed by atoms with E-state index in [4.69, 9.17) is 0 Å². The Labute approximate surface area is 109 Å². The maximum absolute atomic E-state index is 11.8. The van der Waals surface area contributed by atoms with Gasteiger partial charge in [-0.1, -0.05) is 11.6 Å². The lowest BCUT2D eigenvalue weighted by Crippen LogP contribution is -2.42. The van der Waals surface area contributed by atoms with Gasteiger partial charge >= 0.3 is 6.03 Å². The number of hydrogen-bond acceptors (Lipinski definition) is 2. The first-order chi connectivity index (χ1) is 8.66. The van der Waals surface area contributed by atoms with Crippen LogP contribution in [0.4, 0.5) is 4.79 Å². The summed E-state index contributed by atoms with van der Waals surface area (Å²) in [4.78, 5) is 13.4. The molecule has 0 saturated heterocycles. The van der Waals surface area contributed by atoms with E-state index in [9.17, 15) is 9.90 Å². The minimum atomic E-state index is -0.349. The van der Waals surface area contributed by atoms with Crippen LogP contribution in [0.1, 0.15) is 38.5 Å². The number of carbonyl (C=O) groups is 1. The van der Waals surface area contributed by atoms with Crippen molar-refractivity contribution in [2.24, 2.45) is 5.92 Å². The molecule has 4 nitrogen and oxygen atoms in total. The van der Waals surface area contributed by atoms with Crippen molar-refractivity contribution in [2.45, 2.75) is 44.6 Å². The topological polar surface area (TPSA) is 52.6 Å². The second-order valence-electron chi connectivity index (χ2n) is 5.52. The molecule has 1 fully saturated rings. The number of aliphatic hydroxyl groups excluding tert-OH is 1. The van der Waals surface area contributed by atoms with E-state index in [1.807, 2.05) is 0 Å². The Morgan fingerprint density at radius 1 is 1.61 bits per heavy atom. The Hall–Kier alpha value is -1.03. The molecule has 2 aliphatic carbocycles. The van der Waals surface area contributed by atoms with Crippen LogP contribution >= 0.6 is 0 Å². The van der Waals surface area contributed by atoms with E-state index in [1.54, 1.807) is 11.9 Å². The Balaban J connectivity index is 1.60. The van der Waals surface area contributed by atoms with Crippen LogP contribution in [0.15, 0.2) is 11.6 Å². The van der Waals surface area contributed by atoms with Gasteiger partial charge in [0.1, 0.15) is 0 Å². The Kier molecular flexibility index (Phi) is 4.64. The maximum Gasteiger partial charge on any atom is 0.317 e. The van der Waals surface area contributed by atoms with Gasteiger partial charge in [0.25, 0.3) is 0 Å². The van der Waals surface area contributed by atoms with Crippen LogP contribution in [0.3, 0.4) is 0 Å². The fourth-order valence-corrected chi connectivity index (χ4v) is 2.42. The molecule has 1 atom stereocenters. The van der Waals surface area contributed by atoms with E-state index in [2.05, 4.69) is 11.4 Å². The molecule has 0 heterocycles.